The Morgan fingerprint density at radius 1 is 1.11 bits per heavy atom. The minimum Gasteiger partial charge on any atom is -0.377 e. The van der Waals surface area contributed by atoms with Crippen LogP contribution in [0.4, 0.5) is 4.39 Å². The third-order valence-electron chi connectivity index (χ3n) is 4.99. The number of benzene rings is 1. The highest BCUT2D eigenvalue weighted by molar-refractivity contribution is 5.87. The van der Waals surface area contributed by atoms with Gasteiger partial charge in [-0.15, -0.1) is 0 Å². The third kappa shape index (κ3) is 2.85. The molecule has 0 saturated carbocycles. The van der Waals surface area contributed by atoms with Crippen LogP contribution in [-0.4, -0.2) is 33.0 Å². The van der Waals surface area contributed by atoms with E-state index in [1.165, 1.54) is 0 Å². The highest BCUT2D eigenvalue weighted by Gasteiger charge is 2.21. The number of pyridine rings is 2. The van der Waals surface area contributed by atoms with Crippen molar-refractivity contribution in [3.8, 4) is 22.6 Å². The van der Waals surface area contributed by atoms with E-state index in [0.29, 0.717) is 41.2 Å². The summed E-state index contributed by atoms with van der Waals surface area (Å²) < 4.78 is 22.3. The van der Waals surface area contributed by atoms with Crippen molar-refractivity contribution in [1.29, 1.82) is 0 Å². The van der Waals surface area contributed by atoms with E-state index in [4.69, 9.17) is 10.5 Å². The quantitative estimate of drug-likeness (QED) is 0.592. The second-order valence-electron chi connectivity index (χ2n) is 6.81. The summed E-state index contributed by atoms with van der Waals surface area (Å²) in [5.41, 5.74) is 8.75. The minimum absolute atomic E-state index is 0.266. The molecule has 2 N–H and O–H groups in total. The number of nitrogens with two attached hydrogens (primary N) is 1. The molecule has 4 heterocycles. The van der Waals surface area contributed by atoms with Gasteiger partial charge in [0, 0.05) is 35.3 Å². The minimum atomic E-state index is -0.323. The molecule has 0 aliphatic carbocycles. The first-order valence-electron chi connectivity index (χ1n) is 9.11. The van der Waals surface area contributed by atoms with E-state index in [1.807, 2.05) is 35.1 Å². The van der Waals surface area contributed by atoms with Gasteiger partial charge in [-0.1, -0.05) is 12.1 Å². The Morgan fingerprint density at radius 3 is 2.75 bits per heavy atom. The molecule has 0 amide bonds. The maximum absolute atomic E-state index is 15.2. The molecule has 1 fully saturated rings. The molecule has 0 atom stereocenters. The average molecular weight is 375 g/mol. The van der Waals surface area contributed by atoms with Gasteiger partial charge in [-0.2, -0.15) is 5.10 Å². The fourth-order valence-electron chi connectivity index (χ4n) is 3.31. The molecule has 3 aromatic heterocycles. The Labute approximate surface area is 160 Å². The molecule has 0 bridgehead atoms. The molecule has 5 rings (SSSR count). The maximum atomic E-state index is 15.2. The van der Waals surface area contributed by atoms with E-state index in [9.17, 15) is 0 Å². The smallest absolute Gasteiger partial charge is 0.140 e. The highest BCUT2D eigenvalue weighted by atomic mass is 19.1. The average Bonchev–Trinajstić information content (AvgIpc) is 3.16. The Bertz CT molecular complexity index is 1170. The number of halogens is 1. The van der Waals surface area contributed by atoms with E-state index in [2.05, 4.69) is 15.1 Å². The van der Waals surface area contributed by atoms with E-state index in [-0.39, 0.29) is 18.4 Å². The van der Waals surface area contributed by atoms with Crippen LogP contribution in [0.5, 0.6) is 0 Å². The lowest BCUT2D eigenvalue weighted by atomic mass is 10.0. The SMILES string of the molecule is NCc1cc2c(F)c(-c3cccc(-c4ccn(C5COC5)n4)n3)ccc2cn1. The summed E-state index contributed by atoms with van der Waals surface area (Å²) in [6.07, 6.45) is 3.57. The monoisotopic (exact) mass is 375 g/mol. The van der Waals surface area contributed by atoms with E-state index in [0.717, 1.165) is 11.1 Å². The van der Waals surface area contributed by atoms with Gasteiger partial charge in [0.2, 0.25) is 0 Å². The van der Waals surface area contributed by atoms with E-state index >= 15 is 4.39 Å². The summed E-state index contributed by atoms with van der Waals surface area (Å²) in [5.74, 6) is -0.323. The zero-order valence-corrected chi connectivity index (χ0v) is 15.0. The van der Waals surface area contributed by atoms with Gasteiger partial charge in [0.1, 0.15) is 11.5 Å². The molecule has 1 saturated heterocycles. The van der Waals surface area contributed by atoms with Crippen LogP contribution < -0.4 is 5.73 Å². The summed E-state index contributed by atoms with van der Waals surface area (Å²) in [5, 5.41) is 5.82. The Hall–Kier alpha value is -3.16. The largest absolute Gasteiger partial charge is 0.377 e. The summed E-state index contributed by atoms with van der Waals surface area (Å²) in [7, 11) is 0. The number of aromatic nitrogens is 4. The van der Waals surface area contributed by atoms with Crippen molar-refractivity contribution in [2.24, 2.45) is 5.73 Å². The van der Waals surface area contributed by atoms with E-state index < -0.39 is 0 Å². The van der Waals surface area contributed by atoms with Gasteiger partial charge in [-0.3, -0.25) is 9.67 Å². The van der Waals surface area contributed by atoms with Crippen LogP contribution in [-0.2, 0) is 11.3 Å². The highest BCUT2D eigenvalue weighted by Crippen LogP contribution is 2.29. The molecular weight excluding hydrogens is 357 g/mol. The molecule has 1 aliphatic rings. The van der Waals surface area contributed by atoms with Crippen molar-refractivity contribution >= 4 is 10.8 Å². The van der Waals surface area contributed by atoms with Gasteiger partial charge < -0.3 is 10.5 Å². The van der Waals surface area contributed by atoms with Crippen LogP contribution in [0.25, 0.3) is 33.4 Å². The molecule has 6 nitrogen and oxygen atoms in total. The molecule has 7 heteroatoms. The van der Waals surface area contributed by atoms with Crippen molar-refractivity contribution in [2.75, 3.05) is 13.2 Å². The first-order chi connectivity index (χ1) is 13.7. The Kier molecular flexibility index (Phi) is 4.11. The number of hydrogen-bond acceptors (Lipinski definition) is 5. The van der Waals surface area contributed by atoms with E-state index in [1.54, 1.807) is 24.4 Å². The molecule has 1 aromatic carbocycles. The second-order valence-corrected chi connectivity index (χ2v) is 6.81. The zero-order chi connectivity index (χ0) is 19.1. The predicted molar refractivity (Wildman–Crippen MR) is 104 cm³/mol. The molecule has 1 aliphatic heterocycles. The molecular formula is C21H18FN5O. The number of nitrogens with zero attached hydrogens (tertiary/aromatic N) is 4. The van der Waals surface area contributed by atoms with Crippen molar-refractivity contribution in [3.63, 3.8) is 0 Å². The van der Waals surface area contributed by atoms with Crippen LogP contribution in [0.2, 0.25) is 0 Å². The second kappa shape index (κ2) is 6.78. The lowest BCUT2D eigenvalue weighted by molar-refractivity contribution is -0.0285. The molecule has 4 aromatic rings. The molecule has 28 heavy (non-hydrogen) atoms. The number of ether oxygens (including phenoxy) is 1. The molecule has 0 unspecified atom stereocenters. The van der Waals surface area contributed by atoms with Gasteiger partial charge in [-0.05, 0) is 30.3 Å². The van der Waals surface area contributed by atoms with Crippen molar-refractivity contribution in [1.82, 2.24) is 19.7 Å². The lowest BCUT2D eigenvalue weighted by Crippen LogP contribution is -2.30. The fraction of sp³-hybridized carbons (Fsp3) is 0.190. The molecule has 0 radical (unpaired) electrons. The van der Waals surface area contributed by atoms with Crippen molar-refractivity contribution in [2.45, 2.75) is 12.6 Å². The molecule has 0 spiro atoms. The normalized spacial score (nSPS) is 14.4. The van der Waals surface area contributed by atoms with Gasteiger partial charge in [0.15, 0.2) is 0 Å². The van der Waals surface area contributed by atoms with Gasteiger partial charge in [-0.25, -0.2) is 9.37 Å². The van der Waals surface area contributed by atoms with Gasteiger partial charge in [0.05, 0.1) is 36.3 Å². The Morgan fingerprint density at radius 2 is 1.96 bits per heavy atom. The summed E-state index contributed by atoms with van der Waals surface area (Å²) in [6, 6.07) is 13.0. The topological polar surface area (TPSA) is 78.9 Å². The van der Waals surface area contributed by atoms with Crippen molar-refractivity contribution < 1.29 is 9.13 Å². The van der Waals surface area contributed by atoms with Crippen LogP contribution in [0.1, 0.15) is 11.7 Å². The first kappa shape index (κ1) is 17.0. The van der Waals surface area contributed by atoms with Crippen LogP contribution in [0, 0.1) is 5.82 Å². The summed E-state index contributed by atoms with van der Waals surface area (Å²) in [4.78, 5) is 8.88. The number of fused-ring (bicyclic) bond motifs is 1. The van der Waals surface area contributed by atoms with Crippen LogP contribution >= 0.6 is 0 Å². The third-order valence-corrected chi connectivity index (χ3v) is 4.99. The maximum Gasteiger partial charge on any atom is 0.140 e. The fourth-order valence-corrected chi connectivity index (χ4v) is 3.31. The summed E-state index contributed by atoms with van der Waals surface area (Å²) >= 11 is 0. The molecule has 140 valence electrons. The van der Waals surface area contributed by atoms with Crippen LogP contribution in [0.15, 0.2) is 54.9 Å². The van der Waals surface area contributed by atoms with Crippen LogP contribution in [0.3, 0.4) is 0 Å². The predicted octanol–water partition coefficient (Wildman–Crippen LogP) is 3.33. The van der Waals surface area contributed by atoms with Crippen molar-refractivity contribution in [3.05, 3.63) is 66.4 Å². The lowest BCUT2D eigenvalue weighted by Gasteiger charge is -2.25. The standard InChI is InChI=1S/C21H18FN5O/c22-21-16(5-4-13-10-24-14(9-23)8-17(13)21)18-2-1-3-19(25-18)20-6-7-27(26-20)15-11-28-12-15/h1-8,10,15H,9,11-12,23H2. The van der Waals surface area contributed by atoms with Gasteiger partial charge >= 0.3 is 0 Å². The van der Waals surface area contributed by atoms with Gasteiger partial charge in [0.25, 0.3) is 0 Å². The zero-order valence-electron chi connectivity index (χ0n) is 15.0. The number of hydrogen-bond donors (Lipinski definition) is 1. The summed E-state index contributed by atoms with van der Waals surface area (Å²) in [6.45, 7) is 1.62. The first-order valence-corrected chi connectivity index (χ1v) is 9.11. The number of rotatable bonds is 4. The Balaban J connectivity index is 1.55.